The molecular formula is C27H40N2O13P2. The van der Waals surface area contributed by atoms with Gasteiger partial charge in [-0.1, -0.05) is 12.1 Å². The number of hydrogen-bond donors (Lipinski definition) is 5. The molecule has 246 valence electrons. The number of ether oxygens (including phenoxy) is 2. The molecule has 3 atom stereocenters. The SMILES string of the molecule is CCOP(=O)(OCC)C(NC(=O)NC(c1ccc(O)c(C(O)OC)c1)P(=O)(OCC)OCC)c1ccc(O)c(C(=O)OC)c1. The lowest BCUT2D eigenvalue weighted by Gasteiger charge is -2.31. The number of amides is 2. The van der Waals surface area contributed by atoms with Crippen molar-refractivity contribution in [3.63, 3.8) is 0 Å². The maximum atomic E-state index is 14.0. The Morgan fingerprint density at radius 3 is 1.59 bits per heavy atom. The summed E-state index contributed by atoms with van der Waals surface area (Å²) in [5, 5.41) is 35.7. The van der Waals surface area contributed by atoms with Crippen LogP contribution in [-0.2, 0) is 36.7 Å². The van der Waals surface area contributed by atoms with Gasteiger partial charge in [0.1, 0.15) is 17.1 Å². The van der Waals surface area contributed by atoms with Crippen LogP contribution in [0.15, 0.2) is 36.4 Å². The molecule has 2 amide bonds. The van der Waals surface area contributed by atoms with Gasteiger partial charge in [0.25, 0.3) is 0 Å². The predicted octanol–water partition coefficient (Wildman–Crippen LogP) is 5.05. The predicted molar refractivity (Wildman–Crippen MR) is 158 cm³/mol. The zero-order chi connectivity index (χ0) is 33.1. The number of aliphatic hydroxyl groups excluding tert-OH is 1. The van der Waals surface area contributed by atoms with Crippen LogP contribution in [0.1, 0.15) is 72.6 Å². The number of nitrogens with one attached hydrogen (secondary N) is 2. The van der Waals surface area contributed by atoms with Crippen LogP contribution in [0, 0.1) is 0 Å². The van der Waals surface area contributed by atoms with Gasteiger partial charge in [0, 0.05) is 12.7 Å². The number of methoxy groups -OCH3 is 2. The van der Waals surface area contributed by atoms with E-state index in [1.165, 1.54) is 31.4 Å². The Hall–Kier alpha value is -3.00. The summed E-state index contributed by atoms with van der Waals surface area (Å²) in [5.41, 5.74) is -0.222. The van der Waals surface area contributed by atoms with E-state index in [1.54, 1.807) is 27.7 Å². The van der Waals surface area contributed by atoms with Gasteiger partial charge in [0.15, 0.2) is 17.9 Å². The highest BCUT2D eigenvalue weighted by atomic mass is 31.2. The number of phenols is 2. The molecule has 0 aromatic heterocycles. The van der Waals surface area contributed by atoms with Gasteiger partial charge in [0.2, 0.25) is 0 Å². The second kappa shape index (κ2) is 16.9. The van der Waals surface area contributed by atoms with Crippen molar-refractivity contribution in [1.29, 1.82) is 0 Å². The van der Waals surface area contributed by atoms with Crippen LogP contribution in [-0.4, -0.2) is 68.0 Å². The first-order chi connectivity index (χ1) is 20.8. The topological polar surface area (TPSA) is 208 Å². The van der Waals surface area contributed by atoms with E-state index >= 15 is 0 Å². The number of urea groups is 1. The summed E-state index contributed by atoms with van der Waals surface area (Å²) in [6, 6.07) is 6.36. The maximum Gasteiger partial charge on any atom is 0.357 e. The van der Waals surface area contributed by atoms with Gasteiger partial charge in [-0.05, 0) is 63.1 Å². The molecule has 0 aliphatic rings. The quantitative estimate of drug-likeness (QED) is 0.0854. The molecule has 0 spiro atoms. The van der Waals surface area contributed by atoms with Crippen molar-refractivity contribution in [2.24, 2.45) is 0 Å². The number of aromatic hydroxyl groups is 2. The third-order valence-corrected chi connectivity index (χ3v) is 10.6. The average molecular weight is 663 g/mol. The first kappa shape index (κ1) is 37.2. The van der Waals surface area contributed by atoms with Crippen molar-refractivity contribution in [1.82, 2.24) is 10.6 Å². The molecule has 17 heteroatoms. The standard InChI is InChI=1S/C27H40N2O13P2/c1-7-39-43(35,40-8-2)23(17-11-13-21(30)19(15-17)25(32)37-5)28-27(34)29-24(44(36,41-9-3)42-10-4)18-12-14-22(31)20(16-18)26(33)38-6/h11-16,23-25,30-32H,7-10H2,1-6H3,(H2,28,29,34). The second-order valence-corrected chi connectivity index (χ2v) is 13.1. The van der Waals surface area contributed by atoms with Gasteiger partial charge in [-0.2, -0.15) is 0 Å². The molecule has 0 bridgehead atoms. The summed E-state index contributed by atoms with van der Waals surface area (Å²) in [7, 11) is -6.09. The van der Waals surface area contributed by atoms with Crippen LogP contribution < -0.4 is 10.6 Å². The third kappa shape index (κ3) is 9.02. The fraction of sp³-hybridized carbons (Fsp3) is 0.481. The van der Waals surface area contributed by atoms with Crippen LogP contribution in [0.25, 0.3) is 0 Å². The smallest absolute Gasteiger partial charge is 0.357 e. The summed E-state index contributed by atoms with van der Waals surface area (Å²) < 4.78 is 59.6. The summed E-state index contributed by atoms with van der Waals surface area (Å²) in [6.45, 7) is 5.96. The van der Waals surface area contributed by atoms with Crippen molar-refractivity contribution in [3.8, 4) is 11.5 Å². The average Bonchev–Trinajstić information content (AvgIpc) is 2.99. The first-order valence-corrected chi connectivity index (χ1v) is 16.9. The minimum Gasteiger partial charge on any atom is -0.507 e. The molecule has 0 saturated carbocycles. The van der Waals surface area contributed by atoms with Crippen molar-refractivity contribution in [3.05, 3.63) is 58.7 Å². The van der Waals surface area contributed by atoms with Crippen LogP contribution in [0.5, 0.6) is 11.5 Å². The van der Waals surface area contributed by atoms with Gasteiger partial charge in [0.05, 0.1) is 33.5 Å². The molecule has 44 heavy (non-hydrogen) atoms. The van der Waals surface area contributed by atoms with Crippen LogP contribution in [0.4, 0.5) is 4.79 Å². The number of esters is 1. The highest BCUT2D eigenvalue weighted by Gasteiger charge is 2.42. The number of carbonyl (C=O) groups excluding carboxylic acids is 2. The Labute approximate surface area is 255 Å². The van der Waals surface area contributed by atoms with E-state index in [-0.39, 0.29) is 54.4 Å². The van der Waals surface area contributed by atoms with Gasteiger partial charge < -0.3 is 53.5 Å². The van der Waals surface area contributed by atoms with E-state index in [2.05, 4.69) is 10.6 Å². The van der Waals surface area contributed by atoms with Crippen molar-refractivity contribution >= 4 is 27.2 Å². The zero-order valence-electron chi connectivity index (χ0n) is 25.3. The van der Waals surface area contributed by atoms with Gasteiger partial charge >= 0.3 is 27.2 Å². The molecule has 0 fully saturated rings. The first-order valence-electron chi connectivity index (χ1n) is 13.6. The van der Waals surface area contributed by atoms with Gasteiger partial charge in [-0.15, -0.1) is 0 Å². The normalized spacial score (nSPS) is 14.0. The molecule has 2 aromatic carbocycles. The minimum absolute atomic E-state index is 0.0491. The van der Waals surface area contributed by atoms with E-state index in [9.17, 15) is 34.0 Å². The Morgan fingerprint density at radius 2 is 1.18 bits per heavy atom. The van der Waals surface area contributed by atoms with Crippen LogP contribution >= 0.6 is 15.2 Å². The zero-order valence-corrected chi connectivity index (χ0v) is 27.1. The summed E-state index contributed by atoms with van der Waals surface area (Å²) >= 11 is 0. The largest absolute Gasteiger partial charge is 0.507 e. The molecule has 15 nitrogen and oxygen atoms in total. The highest BCUT2D eigenvalue weighted by Crippen LogP contribution is 2.61. The van der Waals surface area contributed by atoms with E-state index in [4.69, 9.17) is 27.6 Å². The molecule has 3 unspecified atom stereocenters. The number of aliphatic hydroxyl groups is 1. The van der Waals surface area contributed by atoms with Crippen molar-refractivity contribution < 1.29 is 61.6 Å². The second-order valence-electron chi connectivity index (χ2n) is 8.85. The molecule has 0 heterocycles. The Kier molecular flexibility index (Phi) is 14.3. The van der Waals surface area contributed by atoms with Crippen LogP contribution in [0.2, 0.25) is 0 Å². The number of phenolic OH excluding ortho intramolecular Hbond substituents is 2. The van der Waals surface area contributed by atoms with Gasteiger partial charge in [-0.25, -0.2) is 9.59 Å². The van der Waals surface area contributed by atoms with E-state index in [0.29, 0.717) is 0 Å². The molecule has 0 aliphatic carbocycles. The van der Waals surface area contributed by atoms with E-state index in [0.717, 1.165) is 19.2 Å². The maximum absolute atomic E-state index is 14.0. The van der Waals surface area contributed by atoms with E-state index in [1.807, 2.05) is 0 Å². The molecule has 5 N–H and O–H groups in total. The molecule has 2 aromatic rings. The molecule has 0 aliphatic heterocycles. The lowest BCUT2D eigenvalue weighted by molar-refractivity contribution is -0.0781. The number of rotatable bonds is 17. The summed E-state index contributed by atoms with van der Waals surface area (Å²) in [4.78, 5) is 25.9. The molecule has 2 rings (SSSR count). The Morgan fingerprint density at radius 1 is 0.750 bits per heavy atom. The molecule has 0 saturated heterocycles. The fourth-order valence-corrected chi connectivity index (χ4v) is 7.92. The number of carbonyl (C=O) groups is 2. The lowest BCUT2D eigenvalue weighted by atomic mass is 10.1. The lowest BCUT2D eigenvalue weighted by Crippen LogP contribution is -2.40. The molecular weight excluding hydrogens is 622 g/mol. The summed E-state index contributed by atoms with van der Waals surface area (Å²) in [6.07, 6.45) is -1.56. The highest BCUT2D eigenvalue weighted by molar-refractivity contribution is 7.54. The molecule has 0 radical (unpaired) electrons. The van der Waals surface area contributed by atoms with Crippen LogP contribution in [0.3, 0.4) is 0 Å². The van der Waals surface area contributed by atoms with Crippen molar-refractivity contribution in [2.45, 2.75) is 45.6 Å². The van der Waals surface area contributed by atoms with Gasteiger partial charge in [-0.3, -0.25) is 9.13 Å². The third-order valence-electron chi connectivity index (χ3n) is 6.00. The number of hydrogen-bond acceptors (Lipinski definition) is 13. The van der Waals surface area contributed by atoms with E-state index < -0.39 is 50.8 Å². The number of benzene rings is 2. The minimum atomic E-state index is -4.21. The Bertz CT molecular complexity index is 1350. The Balaban J connectivity index is 2.67. The monoisotopic (exact) mass is 662 g/mol. The van der Waals surface area contributed by atoms with Crippen molar-refractivity contribution in [2.75, 3.05) is 40.6 Å². The fourth-order valence-electron chi connectivity index (χ4n) is 4.14. The summed E-state index contributed by atoms with van der Waals surface area (Å²) in [5.74, 6) is -4.72.